The maximum atomic E-state index is 10.1. The van der Waals surface area contributed by atoms with E-state index in [1.165, 1.54) is 0 Å². The fraction of sp³-hybridized carbons (Fsp3) is 0.538. The zero-order valence-corrected chi connectivity index (χ0v) is 10.2. The number of hydrogen-bond donors (Lipinski definition) is 2. The first-order valence-electron chi connectivity index (χ1n) is 5.63. The minimum atomic E-state index is -0.478. The first-order chi connectivity index (χ1) is 7.65. The molecule has 0 spiro atoms. The summed E-state index contributed by atoms with van der Waals surface area (Å²) >= 11 is 0. The molecule has 1 aromatic rings. The largest absolute Gasteiger partial charge is 0.387 e. The molecule has 3 nitrogen and oxygen atoms in total. The second-order valence-corrected chi connectivity index (χ2v) is 4.21. The summed E-state index contributed by atoms with van der Waals surface area (Å²) in [6, 6.07) is 8.20. The maximum Gasteiger partial charge on any atom is 0.0917 e. The zero-order chi connectivity index (χ0) is 12.0. The fourth-order valence-electron chi connectivity index (χ4n) is 1.60. The molecule has 90 valence electrons. The monoisotopic (exact) mass is 223 g/mol. The predicted octanol–water partition coefficient (Wildman–Crippen LogP) is 1.86. The summed E-state index contributed by atoms with van der Waals surface area (Å²) in [6.45, 7) is 5.23. The summed E-state index contributed by atoms with van der Waals surface area (Å²) in [5.41, 5.74) is 1.99. The van der Waals surface area contributed by atoms with Crippen LogP contribution in [0.5, 0.6) is 0 Å². The summed E-state index contributed by atoms with van der Waals surface area (Å²) in [5.74, 6) is 0. The Kier molecular flexibility index (Phi) is 5.46. The molecule has 0 heterocycles. The lowest BCUT2D eigenvalue weighted by molar-refractivity contribution is 0.157. The van der Waals surface area contributed by atoms with E-state index >= 15 is 0 Å². The third-order valence-electron chi connectivity index (χ3n) is 2.43. The first kappa shape index (κ1) is 13.2. The maximum absolute atomic E-state index is 10.1. The van der Waals surface area contributed by atoms with Crippen LogP contribution < -0.4 is 5.32 Å². The molecule has 0 amide bonds. The van der Waals surface area contributed by atoms with Crippen LogP contribution >= 0.6 is 0 Å². The summed E-state index contributed by atoms with van der Waals surface area (Å²) in [7, 11) is 1.66. The Balaban J connectivity index is 2.69. The summed E-state index contributed by atoms with van der Waals surface area (Å²) in [5, 5.41) is 13.3. The molecule has 0 bridgehead atoms. The molecule has 2 N–H and O–H groups in total. The van der Waals surface area contributed by atoms with Crippen LogP contribution in [0.3, 0.4) is 0 Å². The van der Waals surface area contributed by atoms with Crippen LogP contribution in [0, 0.1) is 0 Å². The molecule has 0 saturated carbocycles. The smallest absolute Gasteiger partial charge is 0.0917 e. The highest BCUT2D eigenvalue weighted by Gasteiger charge is 2.11. The predicted molar refractivity (Wildman–Crippen MR) is 65.3 cm³/mol. The van der Waals surface area contributed by atoms with Gasteiger partial charge in [-0.15, -0.1) is 0 Å². The van der Waals surface area contributed by atoms with Gasteiger partial charge in [0, 0.05) is 19.7 Å². The van der Waals surface area contributed by atoms with Crippen molar-refractivity contribution in [3.63, 3.8) is 0 Å². The summed E-state index contributed by atoms with van der Waals surface area (Å²) in [4.78, 5) is 0. The van der Waals surface area contributed by atoms with Gasteiger partial charge in [0.1, 0.15) is 0 Å². The summed E-state index contributed by atoms with van der Waals surface area (Å²) < 4.78 is 5.11. The van der Waals surface area contributed by atoms with Gasteiger partial charge in [0.15, 0.2) is 0 Å². The standard InChI is InChI=1S/C13H21NO2/c1-10(2)14-8-13(15)12-7-5-4-6-11(12)9-16-3/h4-7,10,13-15H,8-9H2,1-3H3. The normalized spacial score (nSPS) is 13.1. The second-order valence-electron chi connectivity index (χ2n) is 4.21. The SMILES string of the molecule is COCc1ccccc1C(O)CNC(C)C. The van der Waals surface area contributed by atoms with Crippen molar-refractivity contribution in [2.24, 2.45) is 0 Å². The van der Waals surface area contributed by atoms with Crippen molar-refractivity contribution < 1.29 is 9.84 Å². The quantitative estimate of drug-likeness (QED) is 0.773. The van der Waals surface area contributed by atoms with Crippen LogP contribution in [0.2, 0.25) is 0 Å². The van der Waals surface area contributed by atoms with Crippen molar-refractivity contribution in [3.8, 4) is 0 Å². The van der Waals surface area contributed by atoms with E-state index in [4.69, 9.17) is 4.74 Å². The Labute approximate surface area is 97.4 Å². The Morgan fingerprint density at radius 2 is 2.00 bits per heavy atom. The van der Waals surface area contributed by atoms with Crippen LogP contribution in [0.25, 0.3) is 0 Å². The molecule has 0 aromatic heterocycles. The molecular weight excluding hydrogens is 202 g/mol. The highest BCUT2D eigenvalue weighted by molar-refractivity contribution is 5.28. The first-order valence-corrected chi connectivity index (χ1v) is 5.63. The Morgan fingerprint density at radius 1 is 1.31 bits per heavy atom. The Morgan fingerprint density at radius 3 is 2.62 bits per heavy atom. The molecule has 0 fully saturated rings. The number of methoxy groups -OCH3 is 1. The molecule has 1 aromatic carbocycles. The van der Waals surface area contributed by atoms with Crippen LogP contribution in [-0.2, 0) is 11.3 Å². The third kappa shape index (κ3) is 3.93. The van der Waals surface area contributed by atoms with E-state index in [1.807, 2.05) is 24.3 Å². The van der Waals surface area contributed by atoms with E-state index in [0.29, 0.717) is 19.2 Å². The number of ether oxygens (including phenoxy) is 1. The molecule has 16 heavy (non-hydrogen) atoms. The zero-order valence-electron chi connectivity index (χ0n) is 10.2. The van der Waals surface area contributed by atoms with Crippen LogP contribution in [0.15, 0.2) is 24.3 Å². The molecule has 0 aliphatic rings. The number of hydrogen-bond acceptors (Lipinski definition) is 3. The Hall–Kier alpha value is -0.900. The van der Waals surface area contributed by atoms with Gasteiger partial charge in [0.25, 0.3) is 0 Å². The number of nitrogens with one attached hydrogen (secondary N) is 1. The van der Waals surface area contributed by atoms with E-state index in [1.54, 1.807) is 7.11 Å². The minimum Gasteiger partial charge on any atom is -0.387 e. The number of aliphatic hydroxyl groups excluding tert-OH is 1. The highest BCUT2D eigenvalue weighted by atomic mass is 16.5. The molecule has 1 atom stereocenters. The molecule has 0 aliphatic heterocycles. The van der Waals surface area contributed by atoms with Crippen LogP contribution in [0.1, 0.15) is 31.1 Å². The van der Waals surface area contributed by atoms with E-state index in [0.717, 1.165) is 11.1 Å². The van der Waals surface area contributed by atoms with Crippen LogP contribution in [0.4, 0.5) is 0 Å². The van der Waals surface area contributed by atoms with Crippen LogP contribution in [-0.4, -0.2) is 24.8 Å². The minimum absolute atomic E-state index is 0.379. The number of benzene rings is 1. The van der Waals surface area contributed by atoms with Gasteiger partial charge < -0.3 is 15.2 Å². The van der Waals surface area contributed by atoms with E-state index < -0.39 is 6.10 Å². The van der Waals surface area contributed by atoms with Crippen molar-refractivity contribution in [2.75, 3.05) is 13.7 Å². The van der Waals surface area contributed by atoms with Gasteiger partial charge in [-0.3, -0.25) is 0 Å². The molecule has 0 radical (unpaired) electrons. The third-order valence-corrected chi connectivity index (χ3v) is 2.43. The van der Waals surface area contributed by atoms with Crippen molar-refractivity contribution in [2.45, 2.75) is 32.6 Å². The van der Waals surface area contributed by atoms with E-state index in [9.17, 15) is 5.11 Å². The lowest BCUT2D eigenvalue weighted by Gasteiger charge is -2.17. The van der Waals surface area contributed by atoms with Crippen molar-refractivity contribution in [1.82, 2.24) is 5.32 Å². The number of aliphatic hydroxyl groups is 1. The van der Waals surface area contributed by atoms with Gasteiger partial charge in [0.05, 0.1) is 12.7 Å². The van der Waals surface area contributed by atoms with Crippen molar-refractivity contribution in [1.29, 1.82) is 0 Å². The van der Waals surface area contributed by atoms with E-state index in [2.05, 4.69) is 19.2 Å². The van der Waals surface area contributed by atoms with Gasteiger partial charge in [-0.2, -0.15) is 0 Å². The van der Waals surface area contributed by atoms with Gasteiger partial charge in [-0.25, -0.2) is 0 Å². The highest BCUT2D eigenvalue weighted by Crippen LogP contribution is 2.18. The average Bonchev–Trinajstić information content (AvgIpc) is 2.27. The molecule has 0 aliphatic carbocycles. The van der Waals surface area contributed by atoms with E-state index in [-0.39, 0.29) is 0 Å². The molecule has 3 heteroatoms. The fourth-order valence-corrected chi connectivity index (χ4v) is 1.60. The number of rotatable bonds is 6. The van der Waals surface area contributed by atoms with Gasteiger partial charge in [-0.05, 0) is 11.1 Å². The topological polar surface area (TPSA) is 41.5 Å². The Bertz CT molecular complexity index is 313. The summed E-state index contributed by atoms with van der Waals surface area (Å²) in [6.07, 6.45) is -0.478. The molecular formula is C13H21NO2. The van der Waals surface area contributed by atoms with Crippen molar-refractivity contribution >= 4 is 0 Å². The molecule has 1 rings (SSSR count). The van der Waals surface area contributed by atoms with Crippen molar-refractivity contribution in [3.05, 3.63) is 35.4 Å². The lowest BCUT2D eigenvalue weighted by atomic mass is 10.0. The molecule has 1 unspecified atom stereocenters. The molecule has 0 saturated heterocycles. The van der Waals surface area contributed by atoms with Gasteiger partial charge in [0.2, 0.25) is 0 Å². The van der Waals surface area contributed by atoms with Gasteiger partial charge in [-0.1, -0.05) is 38.1 Å². The lowest BCUT2D eigenvalue weighted by Crippen LogP contribution is -2.28. The van der Waals surface area contributed by atoms with Gasteiger partial charge >= 0.3 is 0 Å². The average molecular weight is 223 g/mol. The second kappa shape index (κ2) is 6.63.